The van der Waals surface area contributed by atoms with Gasteiger partial charge in [-0.3, -0.25) is 0 Å². The van der Waals surface area contributed by atoms with E-state index in [-0.39, 0.29) is 0 Å². The Morgan fingerprint density at radius 3 is 2.86 bits per heavy atom. The molecular weight excluding hydrogens is 221 g/mol. The van der Waals surface area contributed by atoms with Crippen LogP contribution >= 0.6 is 23.2 Å². The molecular formula is C9H7Cl2N3. The minimum Gasteiger partial charge on any atom is -0.216 e. The van der Waals surface area contributed by atoms with Gasteiger partial charge >= 0.3 is 0 Å². The Kier molecular flexibility index (Phi) is 1.73. The van der Waals surface area contributed by atoms with Gasteiger partial charge in [0.1, 0.15) is 10.3 Å². The van der Waals surface area contributed by atoms with Crippen LogP contribution in [-0.4, -0.2) is 14.6 Å². The lowest BCUT2D eigenvalue weighted by molar-refractivity contribution is 0.940. The summed E-state index contributed by atoms with van der Waals surface area (Å²) in [7, 11) is 0. The predicted molar refractivity (Wildman–Crippen MR) is 55.0 cm³/mol. The second-order valence-corrected chi connectivity index (χ2v) is 4.29. The van der Waals surface area contributed by atoms with E-state index in [0.29, 0.717) is 16.2 Å². The molecule has 14 heavy (non-hydrogen) atoms. The van der Waals surface area contributed by atoms with Crippen molar-refractivity contribution in [1.82, 2.24) is 14.6 Å². The average molecular weight is 228 g/mol. The summed E-state index contributed by atoms with van der Waals surface area (Å²) in [6, 6.07) is 1.60. The first kappa shape index (κ1) is 8.50. The molecule has 1 aliphatic rings. The van der Waals surface area contributed by atoms with Crippen molar-refractivity contribution < 1.29 is 0 Å². The predicted octanol–water partition coefficient (Wildman–Crippen LogP) is 2.91. The summed E-state index contributed by atoms with van der Waals surface area (Å²) in [5.41, 5.74) is 1.96. The van der Waals surface area contributed by atoms with Gasteiger partial charge in [0.05, 0.1) is 6.20 Å². The van der Waals surface area contributed by atoms with E-state index >= 15 is 0 Å². The highest BCUT2D eigenvalue weighted by Crippen LogP contribution is 2.41. The molecule has 1 saturated carbocycles. The van der Waals surface area contributed by atoms with Crippen molar-refractivity contribution in [2.24, 2.45) is 0 Å². The molecule has 0 saturated heterocycles. The fourth-order valence-electron chi connectivity index (χ4n) is 1.60. The highest BCUT2D eigenvalue weighted by molar-refractivity contribution is 6.33. The molecule has 1 fully saturated rings. The van der Waals surface area contributed by atoms with E-state index in [4.69, 9.17) is 23.2 Å². The lowest BCUT2D eigenvalue weighted by atomic mass is 10.2. The molecule has 0 bridgehead atoms. The van der Waals surface area contributed by atoms with Crippen LogP contribution in [0.15, 0.2) is 12.3 Å². The van der Waals surface area contributed by atoms with Crippen LogP contribution in [0, 0.1) is 0 Å². The van der Waals surface area contributed by atoms with E-state index in [0.717, 1.165) is 11.2 Å². The molecule has 0 amide bonds. The molecule has 2 heterocycles. The van der Waals surface area contributed by atoms with Gasteiger partial charge < -0.3 is 0 Å². The first-order valence-electron chi connectivity index (χ1n) is 4.45. The number of hydrogen-bond donors (Lipinski definition) is 0. The van der Waals surface area contributed by atoms with E-state index in [1.807, 2.05) is 6.20 Å². The molecule has 1 aliphatic carbocycles. The van der Waals surface area contributed by atoms with Crippen molar-refractivity contribution in [3.05, 3.63) is 28.1 Å². The maximum atomic E-state index is 5.98. The van der Waals surface area contributed by atoms with Crippen molar-refractivity contribution in [3.63, 3.8) is 0 Å². The zero-order valence-corrected chi connectivity index (χ0v) is 8.76. The summed E-state index contributed by atoms with van der Waals surface area (Å²) in [5.74, 6) is 0.606. The number of nitrogens with zero attached hydrogens (tertiary/aromatic N) is 3. The molecule has 0 radical (unpaired) electrons. The Hall–Kier alpha value is -0.800. The van der Waals surface area contributed by atoms with Gasteiger partial charge in [0.25, 0.3) is 0 Å². The second kappa shape index (κ2) is 2.84. The van der Waals surface area contributed by atoms with Gasteiger partial charge in [-0.1, -0.05) is 23.2 Å². The zero-order chi connectivity index (χ0) is 9.71. The Morgan fingerprint density at radius 1 is 1.36 bits per heavy atom. The van der Waals surface area contributed by atoms with Gasteiger partial charge in [0, 0.05) is 11.6 Å². The lowest BCUT2D eigenvalue weighted by Crippen LogP contribution is -1.93. The minimum atomic E-state index is 0.421. The quantitative estimate of drug-likeness (QED) is 0.702. The van der Waals surface area contributed by atoms with Gasteiger partial charge in [0.15, 0.2) is 5.65 Å². The molecule has 2 aromatic heterocycles. The van der Waals surface area contributed by atoms with E-state index in [1.54, 1.807) is 10.6 Å². The van der Waals surface area contributed by atoms with Crippen LogP contribution in [0.2, 0.25) is 10.3 Å². The summed E-state index contributed by atoms with van der Waals surface area (Å²) in [5, 5.41) is 5.11. The second-order valence-electron chi connectivity index (χ2n) is 3.51. The summed E-state index contributed by atoms with van der Waals surface area (Å²) in [6.45, 7) is 0. The Balaban J connectivity index is 2.33. The molecule has 0 N–H and O–H groups in total. The Bertz CT molecular complexity index is 502. The monoisotopic (exact) mass is 227 g/mol. The third kappa shape index (κ3) is 1.20. The summed E-state index contributed by atoms with van der Waals surface area (Å²) in [4.78, 5) is 4.24. The summed E-state index contributed by atoms with van der Waals surface area (Å²) >= 11 is 11.8. The molecule has 0 aromatic carbocycles. The minimum absolute atomic E-state index is 0.421. The van der Waals surface area contributed by atoms with Crippen molar-refractivity contribution in [3.8, 4) is 0 Å². The molecule has 3 rings (SSSR count). The number of halogens is 2. The standard InChI is InChI=1S/C9H7Cl2N3/c10-7-3-8(11)14-9(13-7)6(4-12-14)5-1-2-5/h3-5H,1-2H2. The van der Waals surface area contributed by atoms with Gasteiger partial charge in [-0.15, -0.1) is 0 Å². The fourth-order valence-corrected chi connectivity index (χ4v) is 2.06. The molecule has 0 unspecified atom stereocenters. The Morgan fingerprint density at radius 2 is 2.14 bits per heavy atom. The van der Waals surface area contributed by atoms with Crippen molar-refractivity contribution >= 4 is 28.8 Å². The SMILES string of the molecule is Clc1cc(Cl)n2ncc(C3CC3)c2n1. The van der Waals surface area contributed by atoms with Gasteiger partial charge in [-0.2, -0.15) is 5.10 Å². The normalized spacial score (nSPS) is 16.4. The maximum Gasteiger partial charge on any atom is 0.161 e. The topological polar surface area (TPSA) is 30.2 Å². The molecule has 0 spiro atoms. The molecule has 72 valence electrons. The average Bonchev–Trinajstić information content (AvgIpc) is 2.87. The highest BCUT2D eigenvalue weighted by Gasteiger charge is 2.27. The van der Waals surface area contributed by atoms with Crippen molar-refractivity contribution in [1.29, 1.82) is 0 Å². The largest absolute Gasteiger partial charge is 0.216 e. The highest BCUT2D eigenvalue weighted by atomic mass is 35.5. The molecule has 0 aliphatic heterocycles. The van der Waals surface area contributed by atoms with Crippen molar-refractivity contribution in [2.45, 2.75) is 18.8 Å². The van der Waals surface area contributed by atoms with Crippen LogP contribution in [0.3, 0.4) is 0 Å². The van der Waals surface area contributed by atoms with Crippen LogP contribution in [0.1, 0.15) is 24.3 Å². The van der Waals surface area contributed by atoms with E-state index < -0.39 is 0 Å². The number of hydrogen-bond acceptors (Lipinski definition) is 2. The van der Waals surface area contributed by atoms with Gasteiger partial charge in [0.2, 0.25) is 0 Å². The van der Waals surface area contributed by atoms with Crippen molar-refractivity contribution in [2.75, 3.05) is 0 Å². The van der Waals surface area contributed by atoms with Crippen LogP contribution in [-0.2, 0) is 0 Å². The van der Waals surface area contributed by atoms with Crippen LogP contribution in [0.5, 0.6) is 0 Å². The third-order valence-electron chi connectivity index (χ3n) is 2.44. The van der Waals surface area contributed by atoms with Gasteiger partial charge in [-0.25, -0.2) is 9.50 Å². The van der Waals surface area contributed by atoms with Crippen LogP contribution in [0.4, 0.5) is 0 Å². The first-order valence-corrected chi connectivity index (χ1v) is 5.21. The smallest absolute Gasteiger partial charge is 0.161 e. The molecule has 2 aromatic rings. The molecule has 3 nitrogen and oxygen atoms in total. The summed E-state index contributed by atoms with van der Waals surface area (Å²) in [6.07, 6.45) is 4.27. The maximum absolute atomic E-state index is 5.98. The summed E-state index contributed by atoms with van der Waals surface area (Å²) < 4.78 is 1.63. The lowest BCUT2D eigenvalue weighted by Gasteiger charge is -1.98. The van der Waals surface area contributed by atoms with E-state index in [2.05, 4.69) is 10.1 Å². The third-order valence-corrected chi connectivity index (χ3v) is 2.90. The Labute approximate surface area is 90.7 Å². The zero-order valence-electron chi connectivity index (χ0n) is 7.24. The number of aromatic nitrogens is 3. The molecule has 0 atom stereocenters. The molecule has 5 heteroatoms. The first-order chi connectivity index (χ1) is 6.75. The van der Waals surface area contributed by atoms with E-state index in [1.165, 1.54) is 12.8 Å². The number of fused-ring (bicyclic) bond motifs is 1. The van der Waals surface area contributed by atoms with E-state index in [9.17, 15) is 0 Å². The fraction of sp³-hybridized carbons (Fsp3) is 0.333. The number of rotatable bonds is 1. The van der Waals surface area contributed by atoms with Crippen LogP contribution in [0.25, 0.3) is 5.65 Å². The van der Waals surface area contributed by atoms with Gasteiger partial charge in [-0.05, 0) is 18.8 Å². The van der Waals surface area contributed by atoms with Crippen LogP contribution < -0.4 is 0 Å².